The van der Waals surface area contributed by atoms with Gasteiger partial charge in [-0.3, -0.25) is 19.8 Å². The Morgan fingerprint density at radius 2 is 1.50 bits per heavy atom. The van der Waals surface area contributed by atoms with Crippen molar-refractivity contribution in [3.63, 3.8) is 0 Å². The molecule has 0 spiro atoms. The van der Waals surface area contributed by atoms with E-state index in [1.807, 2.05) is 24.3 Å². The standard InChI is InChI=1S/C19H20N2O4.ClH/c1-14(20-12-10-17(22)11-13-20)15-2-6-18(7-3-15)25-19-8-4-16(5-9-19)21(23)24;/h2-9,14H,10-13H2,1H3;1H. The highest BCUT2D eigenvalue weighted by Gasteiger charge is 2.21. The van der Waals surface area contributed by atoms with Gasteiger partial charge >= 0.3 is 0 Å². The summed E-state index contributed by atoms with van der Waals surface area (Å²) in [7, 11) is 0. The van der Waals surface area contributed by atoms with Crippen molar-refractivity contribution in [3.8, 4) is 11.5 Å². The first-order chi connectivity index (χ1) is 12.0. The molecule has 3 rings (SSSR count). The normalized spacial score (nSPS) is 15.8. The first-order valence-electron chi connectivity index (χ1n) is 8.31. The predicted octanol–water partition coefficient (Wildman–Crippen LogP) is 4.53. The molecule has 0 bridgehead atoms. The van der Waals surface area contributed by atoms with Crippen molar-refractivity contribution in [2.24, 2.45) is 0 Å². The minimum atomic E-state index is -0.436. The highest BCUT2D eigenvalue weighted by Crippen LogP contribution is 2.28. The molecule has 1 saturated heterocycles. The smallest absolute Gasteiger partial charge is 0.269 e. The second-order valence-corrected chi connectivity index (χ2v) is 6.17. The number of ether oxygens (including phenoxy) is 1. The Labute approximate surface area is 158 Å². The quantitative estimate of drug-likeness (QED) is 0.566. The van der Waals surface area contributed by atoms with Gasteiger partial charge in [-0.25, -0.2) is 0 Å². The van der Waals surface area contributed by atoms with Crippen LogP contribution in [0.1, 0.15) is 31.4 Å². The number of likely N-dealkylation sites (tertiary alicyclic amines) is 1. The summed E-state index contributed by atoms with van der Waals surface area (Å²) in [6, 6.07) is 14.1. The minimum absolute atomic E-state index is 0. The van der Waals surface area contributed by atoms with Gasteiger partial charge in [0.1, 0.15) is 17.3 Å². The number of rotatable bonds is 5. The number of hydrogen-bond acceptors (Lipinski definition) is 5. The Morgan fingerprint density at radius 1 is 1.00 bits per heavy atom. The molecule has 1 heterocycles. The van der Waals surface area contributed by atoms with E-state index in [0.717, 1.165) is 13.1 Å². The van der Waals surface area contributed by atoms with Crippen LogP contribution in [0.2, 0.25) is 0 Å². The Kier molecular flexibility index (Phi) is 6.71. The maximum absolute atomic E-state index is 11.4. The van der Waals surface area contributed by atoms with E-state index in [9.17, 15) is 14.9 Å². The van der Waals surface area contributed by atoms with Crippen LogP contribution in [0, 0.1) is 10.1 Å². The van der Waals surface area contributed by atoms with E-state index in [2.05, 4.69) is 11.8 Å². The van der Waals surface area contributed by atoms with E-state index in [4.69, 9.17) is 4.74 Å². The van der Waals surface area contributed by atoms with Gasteiger partial charge in [0.05, 0.1) is 4.92 Å². The molecule has 1 unspecified atom stereocenters. The van der Waals surface area contributed by atoms with Gasteiger partial charge in [-0.1, -0.05) is 12.1 Å². The third kappa shape index (κ3) is 4.80. The van der Waals surface area contributed by atoms with Crippen LogP contribution < -0.4 is 4.74 Å². The number of carbonyl (C=O) groups is 1. The number of piperidine rings is 1. The summed E-state index contributed by atoms with van der Waals surface area (Å²) in [6.45, 7) is 3.75. The van der Waals surface area contributed by atoms with E-state index in [1.165, 1.54) is 17.7 Å². The predicted molar refractivity (Wildman–Crippen MR) is 101 cm³/mol. The molecule has 1 atom stereocenters. The van der Waals surface area contributed by atoms with Crippen LogP contribution in [-0.4, -0.2) is 28.7 Å². The fraction of sp³-hybridized carbons (Fsp3) is 0.316. The SMILES string of the molecule is CC(c1ccc(Oc2ccc([N+](=O)[O-])cc2)cc1)N1CCC(=O)CC1.Cl. The van der Waals surface area contributed by atoms with Gasteiger partial charge in [0.15, 0.2) is 0 Å². The molecular weight excluding hydrogens is 356 g/mol. The third-order valence-corrected chi connectivity index (χ3v) is 4.55. The minimum Gasteiger partial charge on any atom is -0.457 e. The molecule has 0 aliphatic carbocycles. The molecule has 1 fully saturated rings. The van der Waals surface area contributed by atoms with Crippen molar-refractivity contribution in [3.05, 3.63) is 64.2 Å². The fourth-order valence-corrected chi connectivity index (χ4v) is 2.96. The molecule has 0 N–H and O–H groups in total. The zero-order valence-corrected chi connectivity index (χ0v) is 15.3. The summed E-state index contributed by atoms with van der Waals surface area (Å²) >= 11 is 0. The number of hydrogen-bond donors (Lipinski definition) is 0. The monoisotopic (exact) mass is 376 g/mol. The molecule has 0 amide bonds. The summed E-state index contributed by atoms with van der Waals surface area (Å²) in [5, 5.41) is 10.7. The lowest BCUT2D eigenvalue weighted by molar-refractivity contribution is -0.384. The summed E-state index contributed by atoms with van der Waals surface area (Å²) in [6.07, 6.45) is 1.26. The van der Waals surface area contributed by atoms with Crippen molar-refractivity contribution in [2.45, 2.75) is 25.8 Å². The highest BCUT2D eigenvalue weighted by atomic mass is 35.5. The van der Waals surface area contributed by atoms with Gasteiger partial charge in [-0.2, -0.15) is 0 Å². The first kappa shape index (κ1) is 19.9. The average Bonchev–Trinajstić information content (AvgIpc) is 2.63. The van der Waals surface area contributed by atoms with Crippen LogP contribution in [0.3, 0.4) is 0 Å². The molecule has 138 valence electrons. The highest BCUT2D eigenvalue weighted by molar-refractivity contribution is 5.85. The van der Waals surface area contributed by atoms with Gasteiger partial charge in [0.2, 0.25) is 0 Å². The molecular formula is C19H21ClN2O4. The van der Waals surface area contributed by atoms with Crippen molar-refractivity contribution in [2.75, 3.05) is 13.1 Å². The van der Waals surface area contributed by atoms with E-state index in [-0.39, 0.29) is 24.1 Å². The van der Waals surface area contributed by atoms with Gasteiger partial charge in [0, 0.05) is 44.1 Å². The molecule has 7 heteroatoms. The molecule has 0 saturated carbocycles. The molecule has 0 aromatic heterocycles. The van der Waals surface area contributed by atoms with Gasteiger partial charge in [-0.15, -0.1) is 12.4 Å². The van der Waals surface area contributed by atoms with Crippen LogP contribution in [0.25, 0.3) is 0 Å². The maximum Gasteiger partial charge on any atom is 0.269 e. The van der Waals surface area contributed by atoms with Crippen molar-refractivity contribution < 1.29 is 14.5 Å². The third-order valence-electron chi connectivity index (χ3n) is 4.55. The Hall–Kier alpha value is -2.44. The molecule has 1 aliphatic heterocycles. The molecule has 26 heavy (non-hydrogen) atoms. The van der Waals surface area contributed by atoms with E-state index < -0.39 is 4.92 Å². The number of nitro groups is 1. The topological polar surface area (TPSA) is 72.7 Å². The number of nitro benzene ring substituents is 1. The van der Waals surface area contributed by atoms with Gasteiger partial charge in [-0.05, 0) is 36.8 Å². The van der Waals surface area contributed by atoms with Crippen LogP contribution >= 0.6 is 12.4 Å². The van der Waals surface area contributed by atoms with E-state index >= 15 is 0 Å². The summed E-state index contributed by atoms with van der Waals surface area (Å²) in [5.41, 5.74) is 1.21. The maximum atomic E-state index is 11.4. The van der Waals surface area contributed by atoms with Gasteiger partial charge in [0.25, 0.3) is 5.69 Å². The number of carbonyl (C=O) groups excluding carboxylic acids is 1. The fourth-order valence-electron chi connectivity index (χ4n) is 2.96. The number of benzene rings is 2. The Morgan fingerprint density at radius 3 is 2.00 bits per heavy atom. The lowest BCUT2D eigenvalue weighted by Crippen LogP contribution is -2.35. The van der Waals surface area contributed by atoms with Crippen LogP contribution in [0.4, 0.5) is 5.69 Å². The van der Waals surface area contributed by atoms with Crippen LogP contribution in [-0.2, 0) is 4.79 Å². The van der Waals surface area contributed by atoms with Crippen molar-refractivity contribution in [1.82, 2.24) is 4.90 Å². The lowest BCUT2D eigenvalue weighted by Gasteiger charge is -2.32. The van der Waals surface area contributed by atoms with Crippen molar-refractivity contribution in [1.29, 1.82) is 0 Å². The molecule has 6 nitrogen and oxygen atoms in total. The van der Waals surface area contributed by atoms with Crippen LogP contribution in [0.15, 0.2) is 48.5 Å². The summed E-state index contributed by atoms with van der Waals surface area (Å²) < 4.78 is 5.73. The zero-order valence-electron chi connectivity index (χ0n) is 14.5. The number of Topliss-reactive ketones (excluding diaryl/α,β-unsaturated/α-hetero) is 1. The molecule has 1 aliphatic rings. The van der Waals surface area contributed by atoms with Gasteiger partial charge < -0.3 is 4.74 Å². The van der Waals surface area contributed by atoms with Crippen molar-refractivity contribution >= 4 is 23.9 Å². The lowest BCUT2D eigenvalue weighted by atomic mass is 10.0. The molecule has 0 radical (unpaired) electrons. The second kappa shape index (κ2) is 8.78. The summed E-state index contributed by atoms with van der Waals surface area (Å²) in [5.74, 6) is 1.58. The second-order valence-electron chi connectivity index (χ2n) is 6.17. The zero-order chi connectivity index (χ0) is 17.8. The molecule has 2 aromatic rings. The van der Waals surface area contributed by atoms with E-state index in [1.54, 1.807) is 12.1 Å². The number of non-ortho nitro benzene ring substituents is 1. The first-order valence-corrected chi connectivity index (χ1v) is 8.31. The van der Waals surface area contributed by atoms with Crippen LogP contribution in [0.5, 0.6) is 11.5 Å². The Balaban J connectivity index is 0.00000243. The number of halogens is 1. The largest absolute Gasteiger partial charge is 0.457 e. The number of ketones is 1. The molecule has 2 aromatic carbocycles. The average molecular weight is 377 g/mol. The Bertz CT molecular complexity index is 752. The number of nitrogens with zero attached hydrogens (tertiary/aromatic N) is 2. The summed E-state index contributed by atoms with van der Waals surface area (Å²) in [4.78, 5) is 23.9. The van der Waals surface area contributed by atoms with E-state index in [0.29, 0.717) is 30.1 Å².